The van der Waals surface area contributed by atoms with Crippen molar-refractivity contribution in [3.63, 3.8) is 0 Å². The Kier molecular flexibility index (Phi) is 38.7. The predicted octanol–water partition coefficient (Wildman–Crippen LogP) is 6.59. The lowest BCUT2D eigenvalue weighted by molar-refractivity contribution is -0.888. The molecular weight excluding hydrogens is 566 g/mol. The number of hydrogen-bond acceptors (Lipinski definition) is 4. The summed E-state index contributed by atoms with van der Waals surface area (Å²) in [6, 6.07) is 0. The third kappa shape index (κ3) is 79.3. The van der Waals surface area contributed by atoms with Crippen LogP contribution in [0.5, 0.6) is 0 Å². The van der Waals surface area contributed by atoms with Gasteiger partial charge in [0.25, 0.3) is 7.82 Å². The summed E-state index contributed by atoms with van der Waals surface area (Å²) >= 11 is 0. The Morgan fingerprint density at radius 3 is 1.05 bits per heavy atom. The molecule has 0 aliphatic rings. The maximum absolute atomic E-state index is 8.88. The van der Waals surface area contributed by atoms with E-state index in [1.807, 2.05) is 0 Å². The monoisotopic (exact) mass is 636 g/mol. The van der Waals surface area contributed by atoms with E-state index in [-0.39, 0.29) is 0 Å². The largest absolute Gasteiger partial charge is 0.756 e. The molecule has 10 nitrogen and oxygen atoms in total. The number of unbranched alkanes of at least 4 members (excludes halogenated alkanes) is 17. The highest BCUT2D eigenvalue weighted by Crippen LogP contribution is 2.25. The molecule has 0 unspecified atom stereocenters. The van der Waals surface area contributed by atoms with Crippen LogP contribution >= 0.6 is 15.6 Å². The Morgan fingerprint density at radius 1 is 0.561 bits per heavy atom. The van der Waals surface area contributed by atoms with Gasteiger partial charge in [-0.1, -0.05) is 117 Å². The normalized spacial score (nSPS) is 11.7. The first-order valence-electron chi connectivity index (χ1n) is 15.9. The van der Waals surface area contributed by atoms with Gasteiger partial charge in [0.05, 0.1) is 27.2 Å². The highest BCUT2D eigenvalue weighted by Gasteiger charge is 2.09. The second-order valence-corrected chi connectivity index (χ2v) is 13.8. The van der Waals surface area contributed by atoms with Gasteiger partial charge in [-0.15, -0.1) is 0 Å². The summed E-state index contributed by atoms with van der Waals surface area (Å²) in [6.07, 6.45) is 27.3. The molecule has 0 aromatic rings. The number of phosphoric acid groups is 2. The molecule has 0 fully saturated rings. The first kappa shape index (κ1) is 48.1. The van der Waals surface area contributed by atoms with Crippen molar-refractivity contribution in [3.05, 3.63) is 0 Å². The number of rotatable bonds is 22. The van der Waals surface area contributed by atoms with Gasteiger partial charge >= 0.3 is 7.82 Å². The van der Waals surface area contributed by atoms with E-state index < -0.39 is 15.6 Å². The van der Waals surface area contributed by atoms with Crippen molar-refractivity contribution in [1.29, 1.82) is 0 Å². The number of quaternary nitrogens is 1. The first-order chi connectivity index (χ1) is 18.9. The molecule has 0 saturated carbocycles. The molecule has 41 heavy (non-hydrogen) atoms. The summed E-state index contributed by atoms with van der Waals surface area (Å²) in [5, 5.41) is 0. The van der Waals surface area contributed by atoms with Gasteiger partial charge in [-0.25, -0.2) is 4.57 Å². The molecule has 5 N–H and O–H groups in total. The predicted molar refractivity (Wildman–Crippen MR) is 171 cm³/mol. The maximum atomic E-state index is 8.88. The molecule has 0 amide bonds. The van der Waals surface area contributed by atoms with Crippen LogP contribution in [0, 0.1) is 0 Å². The number of nitrogens with zero attached hydrogens (tertiary/aromatic N) is 2. The Morgan fingerprint density at radius 2 is 0.805 bits per heavy atom. The fourth-order valence-corrected chi connectivity index (χ4v) is 3.92. The van der Waals surface area contributed by atoms with Gasteiger partial charge in [0.1, 0.15) is 0 Å². The smallest absolute Gasteiger partial charge is 0.466 e. The molecule has 0 heterocycles. The number of hydrogen-bond donors (Lipinski definition) is 5. The maximum Gasteiger partial charge on any atom is 0.466 e. The Balaban J connectivity index is -0.000000252. The standard InChI is InChI=1S/C15H34N.C14H31N.2H3O4P/c1-5-7-8-9-10-11-12-13-14-15-16(3,4)6-2;1-4-5-6-7-8-9-10-11-12-13-14-15(2)3;2*1-5(2,3)4/h5-15H2,1-4H3;4-14H2,1-3H3;2*(H3,1,2,3,4)/q+1;;;/p-1. The molecule has 0 aromatic heterocycles. The molecule has 0 saturated heterocycles. The van der Waals surface area contributed by atoms with Crippen LogP contribution in [0.15, 0.2) is 0 Å². The van der Waals surface area contributed by atoms with Crippen LogP contribution in [0.1, 0.15) is 143 Å². The van der Waals surface area contributed by atoms with Gasteiger partial charge in [0, 0.05) is 0 Å². The van der Waals surface area contributed by atoms with Gasteiger partial charge in [0.2, 0.25) is 0 Å². The second kappa shape index (κ2) is 33.0. The van der Waals surface area contributed by atoms with Crippen molar-refractivity contribution in [2.75, 3.05) is 47.8 Å². The lowest BCUT2D eigenvalue weighted by Crippen LogP contribution is -2.39. The summed E-state index contributed by atoms with van der Waals surface area (Å²) in [4.78, 5) is 46.8. The van der Waals surface area contributed by atoms with Crippen molar-refractivity contribution < 1.29 is 43.0 Å². The molecule has 0 bridgehead atoms. The van der Waals surface area contributed by atoms with Crippen molar-refractivity contribution in [3.8, 4) is 0 Å². The summed E-state index contributed by atoms with van der Waals surface area (Å²) in [6.45, 7) is 10.7. The van der Waals surface area contributed by atoms with Crippen LogP contribution in [-0.4, -0.2) is 81.7 Å². The molecule has 0 spiro atoms. The third-order valence-corrected chi connectivity index (χ3v) is 6.68. The van der Waals surface area contributed by atoms with Crippen molar-refractivity contribution in [2.24, 2.45) is 0 Å². The van der Waals surface area contributed by atoms with Gasteiger partial charge in [0.15, 0.2) is 0 Å². The van der Waals surface area contributed by atoms with Gasteiger partial charge in [-0.2, -0.15) is 0 Å². The van der Waals surface area contributed by atoms with Crippen molar-refractivity contribution >= 4 is 15.6 Å². The highest BCUT2D eigenvalue weighted by atomic mass is 31.2. The van der Waals surface area contributed by atoms with E-state index in [2.05, 4.69) is 53.9 Å². The van der Waals surface area contributed by atoms with Crippen molar-refractivity contribution in [1.82, 2.24) is 4.90 Å². The molecular formula is C29H70N2O8P2. The van der Waals surface area contributed by atoms with E-state index in [0.717, 1.165) is 0 Å². The van der Waals surface area contributed by atoms with Crippen LogP contribution < -0.4 is 4.89 Å². The average Bonchev–Trinajstić information content (AvgIpc) is 2.82. The molecule has 0 rings (SSSR count). The zero-order valence-electron chi connectivity index (χ0n) is 27.8. The summed E-state index contributed by atoms with van der Waals surface area (Å²) < 4.78 is 18.8. The third-order valence-electron chi connectivity index (χ3n) is 6.68. The Labute approximate surface area is 254 Å². The molecule has 0 aliphatic carbocycles. The summed E-state index contributed by atoms with van der Waals surface area (Å²) in [5.74, 6) is 0. The molecule has 0 atom stereocenters. The zero-order chi connectivity index (χ0) is 32.6. The first-order valence-corrected chi connectivity index (χ1v) is 19.0. The van der Waals surface area contributed by atoms with Crippen LogP contribution in [-0.2, 0) is 9.13 Å². The van der Waals surface area contributed by atoms with Gasteiger partial charge < -0.3 is 38.7 Å². The lowest BCUT2D eigenvalue weighted by atomic mass is 10.1. The van der Waals surface area contributed by atoms with Crippen LogP contribution in [0.25, 0.3) is 0 Å². The topological polar surface area (TPSA) is 162 Å². The quantitative estimate of drug-likeness (QED) is 0.0501. The van der Waals surface area contributed by atoms with E-state index in [9.17, 15) is 0 Å². The van der Waals surface area contributed by atoms with E-state index >= 15 is 0 Å². The highest BCUT2D eigenvalue weighted by molar-refractivity contribution is 7.45. The lowest BCUT2D eigenvalue weighted by Gasteiger charge is -2.28. The second-order valence-electron chi connectivity index (χ2n) is 11.8. The summed E-state index contributed by atoms with van der Waals surface area (Å²) in [5.41, 5.74) is 0. The fourth-order valence-electron chi connectivity index (χ4n) is 3.92. The minimum absolute atomic E-state index is 1.19. The Bertz CT molecular complexity index is 563. The van der Waals surface area contributed by atoms with Crippen LogP contribution in [0.2, 0.25) is 0 Å². The van der Waals surface area contributed by atoms with E-state index in [1.165, 1.54) is 146 Å². The van der Waals surface area contributed by atoms with E-state index in [0.29, 0.717) is 0 Å². The molecule has 0 radical (unpaired) electrons. The molecule has 12 heteroatoms. The fraction of sp³-hybridized carbons (Fsp3) is 1.00. The molecule has 254 valence electrons. The SMILES string of the molecule is CCCCCCCCCCCCN(C)C.CCCCCCCCCCC[N+](C)(C)CC.O=P(O)(O)O.O=P([O-])(O)O. The van der Waals surface area contributed by atoms with Crippen LogP contribution in [0.4, 0.5) is 0 Å². The summed E-state index contributed by atoms with van der Waals surface area (Å²) in [7, 11) is -0.531. The zero-order valence-corrected chi connectivity index (χ0v) is 29.6. The van der Waals surface area contributed by atoms with E-state index in [1.54, 1.807) is 0 Å². The molecule has 0 aliphatic heterocycles. The van der Waals surface area contributed by atoms with E-state index in [4.69, 9.17) is 38.5 Å². The minimum atomic E-state index is -4.89. The Hall–Kier alpha value is 0.140. The van der Waals surface area contributed by atoms with Gasteiger partial charge in [-0.3, -0.25) is 4.57 Å². The average molecular weight is 637 g/mol. The van der Waals surface area contributed by atoms with Crippen molar-refractivity contribution in [2.45, 2.75) is 143 Å². The molecule has 0 aromatic carbocycles. The van der Waals surface area contributed by atoms with Crippen LogP contribution in [0.3, 0.4) is 0 Å². The van der Waals surface area contributed by atoms with Gasteiger partial charge in [-0.05, 0) is 46.8 Å². The minimum Gasteiger partial charge on any atom is -0.756 e.